The number of alkyl halides is 1. The summed E-state index contributed by atoms with van der Waals surface area (Å²) < 4.78 is 22.7. The van der Waals surface area contributed by atoms with Crippen LogP contribution < -0.4 is 26.0 Å². The first-order valence-electron chi connectivity index (χ1n) is 23.9. The smallest absolute Gasteiger partial charge is 0.258 e. The summed E-state index contributed by atoms with van der Waals surface area (Å²) in [5.74, 6) is -3.15. The number of thiazole rings is 1. The fourth-order valence-corrected chi connectivity index (χ4v) is 11.5. The fourth-order valence-electron chi connectivity index (χ4n) is 9.64. The summed E-state index contributed by atoms with van der Waals surface area (Å²) in [4.78, 5) is 64.2. The molecule has 1 unspecified atom stereocenters. The SMILES string of the molecule is CNc1cc(-c2ccc3cc(C#N)cnn23)ncc1-c1nnc([C@H]2CC[C@H](NC(=O)COc3cc(-c4scnc4C)ccc3CNC(=O)[C@@H]3C[C@@H](O)CC3C(=O)[C@@H](NC(=O)C3(F)CC3)C(C)(C)C)CC2)s1. The number of aliphatic hydroxyl groups excluding tert-OH is 1. The van der Waals surface area contributed by atoms with E-state index >= 15 is 0 Å². The van der Waals surface area contributed by atoms with Crippen molar-refractivity contribution in [3.05, 3.63) is 82.2 Å². The predicted octanol–water partition coefficient (Wildman–Crippen LogP) is 7.09. The summed E-state index contributed by atoms with van der Waals surface area (Å²) in [6, 6.07) is 14.1. The first kappa shape index (κ1) is 49.3. The summed E-state index contributed by atoms with van der Waals surface area (Å²) in [5, 5.41) is 47.2. The van der Waals surface area contributed by atoms with Crippen molar-refractivity contribution in [3.63, 3.8) is 0 Å². The Morgan fingerprint density at radius 3 is 2.49 bits per heavy atom. The summed E-state index contributed by atoms with van der Waals surface area (Å²) in [7, 11) is 1.85. The van der Waals surface area contributed by atoms with E-state index in [1.165, 1.54) is 28.9 Å². The first-order valence-corrected chi connectivity index (χ1v) is 25.6. The zero-order valence-corrected chi connectivity index (χ0v) is 41.8. The van der Waals surface area contributed by atoms with Crippen LogP contribution in [0.2, 0.25) is 0 Å². The highest BCUT2D eigenvalue weighted by atomic mass is 32.1. The first-order chi connectivity index (χ1) is 34.0. The normalized spacial score (nSPS) is 21.0. The second-order valence-electron chi connectivity index (χ2n) is 19.9. The van der Waals surface area contributed by atoms with Crippen molar-refractivity contribution >= 4 is 57.4 Å². The van der Waals surface area contributed by atoms with Gasteiger partial charge < -0.3 is 31.1 Å². The molecule has 3 fully saturated rings. The van der Waals surface area contributed by atoms with Gasteiger partial charge in [0.2, 0.25) is 5.91 Å². The fraction of sp³-hybridized carbons (Fsp3) is 0.451. The van der Waals surface area contributed by atoms with E-state index in [9.17, 15) is 33.9 Å². The molecule has 0 radical (unpaired) electrons. The number of pyridine rings is 1. The molecule has 5 N–H and O–H groups in total. The second-order valence-corrected chi connectivity index (χ2v) is 21.8. The third-order valence-electron chi connectivity index (χ3n) is 13.8. The largest absolute Gasteiger partial charge is 0.483 e. The van der Waals surface area contributed by atoms with Crippen molar-refractivity contribution in [2.45, 2.75) is 115 Å². The molecule has 0 saturated heterocycles. The van der Waals surface area contributed by atoms with Crippen LogP contribution in [-0.2, 0) is 25.7 Å². The van der Waals surface area contributed by atoms with Crippen molar-refractivity contribution in [1.82, 2.24) is 45.7 Å². The Hall–Kier alpha value is -6.69. The monoisotopic (exact) mass is 1000 g/mol. The highest BCUT2D eigenvalue weighted by Crippen LogP contribution is 2.43. The number of carbonyl (C=O) groups is 4. The molecule has 4 atom stereocenters. The number of ketones is 1. The predicted molar refractivity (Wildman–Crippen MR) is 266 cm³/mol. The molecule has 9 rings (SSSR count). The van der Waals surface area contributed by atoms with Crippen LogP contribution in [0.1, 0.15) is 99.9 Å². The number of Topliss-reactive ketones (excluding diaryl/α,β-unsaturated/α-hetero) is 1. The number of aromatic nitrogens is 6. The van der Waals surface area contributed by atoms with Gasteiger partial charge in [0.15, 0.2) is 23.1 Å². The number of rotatable bonds is 16. The molecule has 17 nitrogen and oxygen atoms in total. The van der Waals surface area contributed by atoms with Gasteiger partial charge in [-0.1, -0.05) is 44.2 Å². The van der Waals surface area contributed by atoms with Crippen LogP contribution in [0.4, 0.5) is 10.1 Å². The van der Waals surface area contributed by atoms with Gasteiger partial charge in [-0.15, -0.1) is 21.5 Å². The van der Waals surface area contributed by atoms with E-state index in [1.807, 2.05) is 50.4 Å². The highest BCUT2D eigenvalue weighted by molar-refractivity contribution is 7.14. The van der Waals surface area contributed by atoms with Gasteiger partial charge in [0, 0.05) is 48.9 Å². The van der Waals surface area contributed by atoms with Crippen molar-refractivity contribution in [2.24, 2.45) is 17.3 Å². The van der Waals surface area contributed by atoms with Crippen LogP contribution in [0.5, 0.6) is 5.75 Å². The number of nitrogens with one attached hydrogen (secondary N) is 4. The molecule has 5 aromatic heterocycles. The Morgan fingerprint density at radius 2 is 1.79 bits per heavy atom. The molecule has 3 aliphatic rings. The zero-order chi connectivity index (χ0) is 50.2. The van der Waals surface area contributed by atoms with E-state index in [0.717, 1.165) is 74.3 Å². The van der Waals surface area contributed by atoms with Crippen LogP contribution in [0, 0.1) is 35.5 Å². The van der Waals surface area contributed by atoms with Crippen LogP contribution >= 0.6 is 22.7 Å². The molecule has 5 heterocycles. The van der Waals surface area contributed by atoms with Gasteiger partial charge in [0.05, 0.1) is 68.4 Å². The Labute approximate surface area is 418 Å². The lowest BCUT2D eigenvalue weighted by molar-refractivity contribution is -0.138. The molecule has 0 aliphatic heterocycles. The van der Waals surface area contributed by atoms with E-state index in [2.05, 4.69) is 47.6 Å². The number of ether oxygens (including phenoxy) is 1. The maximum Gasteiger partial charge on any atom is 0.258 e. The minimum Gasteiger partial charge on any atom is -0.483 e. The maximum atomic E-state index is 14.7. The number of nitrogens with zero attached hydrogens (tertiary/aromatic N) is 7. The number of anilines is 1. The number of aryl methyl sites for hydroxylation is 1. The Bertz CT molecular complexity index is 3040. The van der Waals surface area contributed by atoms with Gasteiger partial charge in [-0.2, -0.15) is 10.4 Å². The van der Waals surface area contributed by atoms with Gasteiger partial charge in [0.1, 0.15) is 16.8 Å². The van der Waals surface area contributed by atoms with Crippen molar-refractivity contribution in [1.29, 1.82) is 5.26 Å². The number of carbonyl (C=O) groups excluding carboxylic acids is 4. The lowest BCUT2D eigenvalue weighted by Crippen LogP contribution is -2.54. The summed E-state index contributed by atoms with van der Waals surface area (Å²) in [5.41, 5.74) is 5.73. The maximum absolute atomic E-state index is 14.7. The molecule has 71 heavy (non-hydrogen) atoms. The summed E-state index contributed by atoms with van der Waals surface area (Å²) >= 11 is 3.01. The molecular formula is C51H56FN11O6S2. The van der Waals surface area contributed by atoms with Crippen molar-refractivity contribution in [2.75, 3.05) is 19.0 Å². The molecule has 0 bridgehead atoms. The highest BCUT2D eigenvalue weighted by Gasteiger charge is 2.54. The van der Waals surface area contributed by atoms with Gasteiger partial charge in [-0.25, -0.2) is 13.9 Å². The van der Waals surface area contributed by atoms with Crippen molar-refractivity contribution < 1.29 is 33.4 Å². The van der Waals surface area contributed by atoms with Crippen LogP contribution in [0.3, 0.4) is 0 Å². The molecule has 20 heteroatoms. The van der Waals surface area contributed by atoms with Crippen LogP contribution in [0.25, 0.3) is 37.9 Å². The quantitative estimate of drug-likeness (QED) is 0.0652. The van der Waals surface area contributed by atoms with Gasteiger partial charge in [-0.3, -0.25) is 24.2 Å². The lowest BCUT2D eigenvalue weighted by atomic mass is 9.77. The third kappa shape index (κ3) is 10.7. The average Bonchev–Trinajstić information content (AvgIpc) is 3.84. The number of nitriles is 1. The minimum atomic E-state index is -1.98. The second kappa shape index (κ2) is 20.2. The standard InChI is InChI=1S/C51H56FN11O6S2/c1-27-44(70-26-57-27)30-6-7-31(23-56-46(67)36-19-34(64)18-35(36)43(66)45(50(2,3)4)60-49(68)51(52)14-15-51)41(17-30)69-25-42(65)59-32-10-8-29(9-11-32)47-61-62-48(71-47)37-24-55-39(20-38(37)54-5)40-13-12-33-16-28(21-53)22-58-63(33)40/h6-7,12-13,16-17,20,22,24,26,29,32,34-36,45,64H,8-11,14-15,18-19,23,25H2,1-5H3,(H,54,55)(H,56,67)(H,59,65)(H,60,68)/t29-,32-,34-,35?,36+,45+/m0/s1. The van der Waals surface area contributed by atoms with Gasteiger partial charge in [0.25, 0.3) is 11.8 Å². The number of hydrogen-bond donors (Lipinski definition) is 5. The number of halogens is 1. The van der Waals surface area contributed by atoms with Crippen LogP contribution in [0.15, 0.2) is 60.4 Å². The van der Waals surface area contributed by atoms with E-state index in [0.29, 0.717) is 22.6 Å². The molecule has 3 saturated carbocycles. The molecule has 3 amide bonds. The molecule has 1 aromatic carbocycles. The number of aliphatic hydroxyl groups is 1. The molecule has 3 aliphatic carbocycles. The Balaban J connectivity index is 0.811. The topological polar surface area (TPSA) is 239 Å². The van der Waals surface area contributed by atoms with E-state index in [1.54, 1.807) is 43.1 Å². The van der Waals surface area contributed by atoms with E-state index in [4.69, 9.17) is 9.72 Å². The van der Waals surface area contributed by atoms with E-state index < -0.39 is 52.7 Å². The average molecular weight is 1000 g/mol. The molecule has 0 spiro atoms. The number of amides is 3. The third-order valence-corrected chi connectivity index (χ3v) is 15.9. The lowest BCUT2D eigenvalue weighted by Gasteiger charge is -2.33. The van der Waals surface area contributed by atoms with Gasteiger partial charge >= 0.3 is 0 Å². The zero-order valence-electron chi connectivity index (χ0n) is 40.1. The van der Waals surface area contributed by atoms with Gasteiger partial charge in [-0.05, 0) is 99.6 Å². The summed E-state index contributed by atoms with van der Waals surface area (Å²) in [6.45, 7) is 6.98. The number of fused-ring (bicyclic) bond motifs is 1. The van der Waals surface area contributed by atoms with Crippen molar-refractivity contribution in [3.8, 4) is 44.2 Å². The number of benzene rings is 1. The molecular weight excluding hydrogens is 946 g/mol. The number of hydrogen-bond acceptors (Lipinski definition) is 15. The molecule has 370 valence electrons. The minimum absolute atomic E-state index is 0.0130. The molecule has 6 aromatic rings. The van der Waals surface area contributed by atoms with E-state index in [-0.39, 0.29) is 56.7 Å². The Kier molecular flexibility index (Phi) is 14.0. The summed E-state index contributed by atoms with van der Waals surface area (Å²) in [6.07, 6.45) is 5.83. The Morgan fingerprint density at radius 1 is 1.01 bits per heavy atom. The van der Waals surface area contributed by atoms with Crippen LogP contribution in [-0.4, -0.2) is 95.9 Å².